The lowest BCUT2D eigenvalue weighted by Gasteiger charge is -2.07. The molecule has 0 bridgehead atoms. The fourth-order valence-corrected chi connectivity index (χ4v) is 2.05. The third kappa shape index (κ3) is 4.82. The van der Waals surface area contributed by atoms with E-state index in [0.29, 0.717) is 5.03 Å². The second-order valence-electron chi connectivity index (χ2n) is 3.36. The highest BCUT2D eigenvalue weighted by Gasteiger charge is 2.17. The van der Waals surface area contributed by atoms with E-state index in [-0.39, 0.29) is 0 Å². The van der Waals surface area contributed by atoms with Crippen LogP contribution in [-0.4, -0.2) is 19.9 Å². The third-order valence-corrected chi connectivity index (χ3v) is 4.03. The molecule has 0 aromatic heterocycles. The van der Waals surface area contributed by atoms with Crippen molar-refractivity contribution in [1.82, 2.24) is 0 Å². The summed E-state index contributed by atoms with van der Waals surface area (Å²) >= 11 is 5.89. The second kappa shape index (κ2) is 5.56. The Morgan fingerprint density at radius 3 is 2.36 bits per heavy atom. The number of allylic oxidation sites excluding steroid dienone is 3. The Balaban J connectivity index is 4.79. The van der Waals surface area contributed by atoms with Crippen LogP contribution in [0.5, 0.6) is 0 Å². The van der Waals surface area contributed by atoms with E-state index in [1.54, 1.807) is 13.0 Å². The molecular weight excluding hydrogens is 220 g/mol. The van der Waals surface area contributed by atoms with Crippen LogP contribution in [0.4, 0.5) is 0 Å². The summed E-state index contributed by atoms with van der Waals surface area (Å²) in [6, 6.07) is 0. The van der Waals surface area contributed by atoms with Gasteiger partial charge in [0.05, 0.1) is 5.25 Å². The summed E-state index contributed by atoms with van der Waals surface area (Å²) in [4.78, 5) is 0. The van der Waals surface area contributed by atoms with Crippen molar-refractivity contribution >= 4 is 21.4 Å². The highest BCUT2D eigenvalue weighted by Crippen LogP contribution is 2.17. The van der Waals surface area contributed by atoms with E-state index >= 15 is 0 Å². The Labute approximate surface area is 91.6 Å². The van der Waals surface area contributed by atoms with Gasteiger partial charge in [0.25, 0.3) is 0 Å². The maximum absolute atomic E-state index is 11.2. The summed E-state index contributed by atoms with van der Waals surface area (Å²) < 4.78 is 22.3. The third-order valence-electron chi connectivity index (χ3n) is 1.92. The number of sulfone groups is 1. The van der Waals surface area contributed by atoms with Gasteiger partial charge in [0.1, 0.15) is 0 Å². The predicted molar refractivity (Wildman–Crippen MR) is 62.3 cm³/mol. The van der Waals surface area contributed by atoms with Crippen LogP contribution in [-0.2, 0) is 9.84 Å². The molecule has 0 heterocycles. The van der Waals surface area contributed by atoms with Crippen molar-refractivity contribution in [2.75, 3.05) is 6.26 Å². The molecule has 0 fully saturated rings. The number of halogens is 1. The first-order valence-corrected chi connectivity index (χ1v) is 6.85. The molecule has 14 heavy (non-hydrogen) atoms. The first kappa shape index (κ1) is 13.7. The van der Waals surface area contributed by atoms with Crippen molar-refractivity contribution < 1.29 is 8.42 Å². The zero-order chi connectivity index (χ0) is 11.4. The number of hydrogen-bond acceptors (Lipinski definition) is 2. The van der Waals surface area contributed by atoms with Gasteiger partial charge in [-0.05, 0) is 26.3 Å². The lowest BCUT2D eigenvalue weighted by molar-refractivity contribution is 0.596. The first-order chi connectivity index (χ1) is 6.29. The highest BCUT2D eigenvalue weighted by molar-refractivity contribution is 7.91. The minimum absolute atomic E-state index is 0.370. The van der Waals surface area contributed by atoms with Crippen molar-refractivity contribution in [2.45, 2.75) is 32.4 Å². The van der Waals surface area contributed by atoms with E-state index in [9.17, 15) is 8.42 Å². The molecule has 0 amide bonds. The summed E-state index contributed by atoms with van der Waals surface area (Å²) in [7, 11) is -3.09. The molecule has 0 saturated heterocycles. The van der Waals surface area contributed by atoms with Gasteiger partial charge < -0.3 is 0 Å². The highest BCUT2D eigenvalue weighted by atomic mass is 35.5. The van der Waals surface area contributed by atoms with Crippen LogP contribution in [0.2, 0.25) is 0 Å². The standard InChI is InChI=1S/C10H17ClO2S/c1-5-6-8(2)7-10(11)9(3)14(4,12)13/h6-7,9H,5H2,1-4H3/b8-6-,10-7+. The summed E-state index contributed by atoms with van der Waals surface area (Å²) in [5.74, 6) is 0. The molecule has 0 rings (SSSR count). The molecular formula is C10H17ClO2S. The average Bonchev–Trinajstić information content (AvgIpc) is 2.01. The SMILES string of the molecule is CC/C=C(C)\C=C(\Cl)C(C)S(C)(=O)=O. The maximum Gasteiger partial charge on any atom is 0.155 e. The Morgan fingerprint density at radius 1 is 1.50 bits per heavy atom. The molecule has 0 aromatic rings. The molecule has 0 aliphatic carbocycles. The normalized spacial score (nSPS) is 16.9. The van der Waals surface area contributed by atoms with E-state index in [2.05, 4.69) is 0 Å². The van der Waals surface area contributed by atoms with E-state index in [1.807, 2.05) is 19.9 Å². The molecule has 0 aromatic carbocycles. The Kier molecular flexibility index (Phi) is 5.45. The van der Waals surface area contributed by atoms with E-state index in [0.717, 1.165) is 12.0 Å². The monoisotopic (exact) mass is 236 g/mol. The van der Waals surface area contributed by atoms with Gasteiger partial charge >= 0.3 is 0 Å². The van der Waals surface area contributed by atoms with Crippen LogP contribution in [0.1, 0.15) is 27.2 Å². The second-order valence-corrected chi connectivity index (χ2v) is 6.16. The smallest absolute Gasteiger partial charge is 0.155 e. The van der Waals surface area contributed by atoms with Crippen molar-refractivity contribution in [2.24, 2.45) is 0 Å². The lowest BCUT2D eigenvalue weighted by Crippen LogP contribution is -2.15. The molecule has 0 radical (unpaired) electrons. The summed E-state index contributed by atoms with van der Waals surface area (Å²) in [5.41, 5.74) is 0.994. The Morgan fingerprint density at radius 2 is 2.00 bits per heavy atom. The summed E-state index contributed by atoms with van der Waals surface area (Å²) in [6.45, 7) is 5.51. The Bertz CT molecular complexity index is 339. The zero-order valence-electron chi connectivity index (χ0n) is 9.04. The molecule has 4 heteroatoms. The van der Waals surface area contributed by atoms with Crippen LogP contribution in [0.3, 0.4) is 0 Å². The molecule has 0 aliphatic rings. The molecule has 1 unspecified atom stereocenters. The molecule has 0 saturated carbocycles. The minimum atomic E-state index is -3.09. The number of hydrogen-bond donors (Lipinski definition) is 0. The maximum atomic E-state index is 11.2. The van der Waals surface area contributed by atoms with Crippen molar-refractivity contribution in [3.63, 3.8) is 0 Å². The van der Waals surface area contributed by atoms with Crippen LogP contribution in [0, 0.1) is 0 Å². The topological polar surface area (TPSA) is 34.1 Å². The van der Waals surface area contributed by atoms with Crippen molar-refractivity contribution in [3.05, 3.63) is 22.8 Å². The van der Waals surface area contributed by atoms with Crippen LogP contribution in [0.25, 0.3) is 0 Å². The van der Waals surface area contributed by atoms with Gasteiger partial charge in [-0.25, -0.2) is 8.42 Å². The van der Waals surface area contributed by atoms with Gasteiger partial charge in [0.2, 0.25) is 0 Å². The van der Waals surface area contributed by atoms with Crippen LogP contribution >= 0.6 is 11.6 Å². The average molecular weight is 237 g/mol. The summed E-state index contributed by atoms with van der Waals surface area (Å²) in [5, 5.41) is -0.251. The quantitative estimate of drug-likeness (QED) is 0.704. The van der Waals surface area contributed by atoms with Crippen molar-refractivity contribution in [1.29, 1.82) is 0 Å². The molecule has 1 atom stereocenters. The number of rotatable bonds is 4. The fourth-order valence-electron chi connectivity index (χ4n) is 0.920. The molecule has 82 valence electrons. The molecule has 0 aliphatic heterocycles. The minimum Gasteiger partial charge on any atom is -0.228 e. The van der Waals surface area contributed by atoms with Gasteiger partial charge in [-0.2, -0.15) is 0 Å². The molecule has 2 nitrogen and oxygen atoms in total. The van der Waals surface area contributed by atoms with Crippen LogP contribution < -0.4 is 0 Å². The van der Waals surface area contributed by atoms with E-state index in [4.69, 9.17) is 11.6 Å². The zero-order valence-corrected chi connectivity index (χ0v) is 10.6. The van der Waals surface area contributed by atoms with Gasteiger partial charge in [0, 0.05) is 11.3 Å². The van der Waals surface area contributed by atoms with Crippen LogP contribution in [0.15, 0.2) is 22.8 Å². The predicted octanol–water partition coefficient (Wildman–Crippen LogP) is 2.90. The van der Waals surface area contributed by atoms with Gasteiger partial charge in [-0.3, -0.25) is 0 Å². The Hall–Kier alpha value is -0.280. The van der Waals surface area contributed by atoms with Crippen molar-refractivity contribution in [3.8, 4) is 0 Å². The van der Waals surface area contributed by atoms with Gasteiger partial charge in [-0.15, -0.1) is 0 Å². The largest absolute Gasteiger partial charge is 0.228 e. The van der Waals surface area contributed by atoms with E-state index in [1.165, 1.54) is 6.26 Å². The van der Waals surface area contributed by atoms with Gasteiger partial charge in [-0.1, -0.05) is 30.2 Å². The lowest BCUT2D eigenvalue weighted by atomic mass is 10.2. The van der Waals surface area contributed by atoms with Gasteiger partial charge in [0.15, 0.2) is 9.84 Å². The summed E-state index contributed by atoms with van der Waals surface area (Å²) in [6.07, 6.45) is 5.81. The first-order valence-electron chi connectivity index (χ1n) is 4.51. The molecule has 0 spiro atoms. The molecule has 0 N–H and O–H groups in total. The van der Waals surface area contributed by atoms with E-state index < -0.39 is 15.1 Å². The fraction of sp³-hybridized carbons (Fsp3) is 0.600.